The number of halogens is 3. The van der Waals surface area contributed by atoms with Crippen LogP contribution in [-0.4, -0.2) is 50.0 Å². The number of hydrogen-bond acceptors (Lipinski definition) is 2. The second-order valence-corrected chi connectivity index (χ2v) is 7.57. The first-order valence-electron chi connectivity index (χ1n) is 8.98. The zero-order valence-corrected chi connectivity index (χ0v) is 19.4. The van der Waals surface area contributed by atoms with Crippen LogP contribution in [-0.2, 0) is 10.2 Å². The lowest BCUT2D eigenvalue weighted by Gasteiger charge is -2.22. The van der Waals surface area contributed by atoms with Gasteiger partial charge in [0.05, 0.1) is 0 Å². The number of nitrogens with one attached hydrogen (secondary N) is 2. The smallest absolute Gasteiger partial charge is 0.243 e. The molecule has 2 N–H and O–H groups in total. The lowest BCUT2D eigenvalue weighted by atomic mass is 9.96. The summed E-state index contributed by atoms with van der Waals surface area (Å²) in [7, 11) is 3.42. The third-order valence-electron chi connectivity index (χ3n) is 4.82. The number of aliphatic imine (C=N–C) groups is 1. The Balaban J connectivity index is 0.00000364. The van der Waals surface area contributed by atoms with Gasteiger partial charge in [-0.3, -0.25) is 4.79 Å². The van der Waals surface area contributed by atoms with E-state index < -0.39 is 0 Å². The summed E-state index contributed by atoms with van der Waals surface area (Å²) >= 11 is 6.25. The van der Waals surface area contributed by atoms with Crippen LogP contribution in [0, 0.1) is 5.82 Å². The average molecular weight is 511 g/mol. The fraction of sp³-hybridized carbons (Fsp3) is 0.579. The van der Waals surface area contributed by atoms with Gasteiger partial charge in [-0.05, 0) is 43.9 Å². The van der Waals surface area contributed by atoms with Gasteiger partial charge in [0.1, 0.15) is 12.4 Å². The molecule has 1 fully saturated rings. The van der Waals surface area contributed by atoms with Crippen molar-refractivity contribution in [1.29, 1.82) is 0 Å². The van der Waals surface area contributed by atoms with Gasteiger partial charge in [0.25, 0.3) is 0 Å². The van der Waals surface area contributed by atoms with E-state index in [4.69, 9.17) is 11.6 Å². The van der Waals surface area contributed by atoms with E-state index in [0.29, 0.717) is 17.5 Å². The number of benzene rings is 1. The molecule has 1 aromatic rings. The lowest BCUT2D eigenvalue weighted by Crippen LogP contribution is -2.45. The molecule has 5 nitrogen and oxygen atoms in total. The van der Waals surface area contributed by atoms with Crippen molar-refractivity contribution in [3.63, 3.8) is 0 Å². The molecule has 1 unspecified atom stereocenters. The van der Waals surface area contributed by atoms with Gasteiger partial charge < -0.3 is 15.5 Å². The maximum absolute atomic E-state index is 13.3. The predicted octanol–water partition coefficient (Wildman–Crippen LogP) is 3.55. The molecule has 0 bridgehead atoms. The van der Waals surface area contributed by atoms with Gasteiger partial charge >= 0.3 is 0 Å². The first-order chi connectivity index (χ1) is 12.3. The van der Waals surface area contributed by atoms with Crippen LogP contribution in [0.15, 0.2) is 23.2 Å². The summed E-state index contributed by atoms with van der Waals surface area (Å²) in [4.78, 5) is 17.7. The summed E-state index contributed by atoms with van der Waals surface area (Å²) in [6.07, 6.45) is 2.91. The summed E-state index contributed by atoms with van der Waals surface area (Å²) in [6.45, 7) is 4.87. The highest BCUT2D eigenvalue weighted by Gasteiger charge is 2.45. The Morgan fingerprint density at radius 1 is 1.41 bits per heavy atom. The van der Waals surface area contributed by atoms with E-state index in [1.165, 1.54) is 17.0 Å². The van der Waals surface area contributed by atoms with Crippen LogP contribution in [0.1, 0.15) is 38.7 Å². The van der Waals surface area contributed by atoms with Crippen LogP contribution >= 0.6 is 35.6 Å². The van der Waals surface area contributed by atoms with Crippen LogP contribution in [0.4, 0.5) is 4.39 Å². The fourth-order valence-electron chi connectivity index (χ4n) is 2.64. The van der Waals surface area contributed by atoms with Gasteiger partial charge in [-0.2, -0.15) is 0 Å². The van der Waals surface area contributed by atoms with Gasteiger partial charge in [0.15, 0.2) is 5.96 Å². The molecule has 152 valence electrons. The van der Waals surface area contributed by atoms with Crippen molar-refractivity contribution in [2.24, 2.45) is 4.99 Å². The van der Waals surface area contributed by atoms with Crippen molar-refractivity contribution in [1.82, 2.24) is 15.5 Å². The van der Waals surface area contributed by atoms with Crippen molar-refractivity contribution in [3.8, 4) is 0 Å². The minimum Gasteiger partial charge on any atom is -0.355 e. The predicted molar refractivity (Wildman–Crippen MR) is 120 cm³/mol. The number of carbonyl (C=O) groups excluding carboxylic acids is 1. The highest BCUT2D eigenvalue weighted by Crippen LogP contribution is 2.50. The number of likely N-dealkylation sites (N-methyl/N-ethyl adjacent to an activating group) is 1. The second kappa shape index (κ2) is 10.5. The Morgan fingerprint density at radius 3 is 2.59 bits per heavy atom. The highest BCUT2D eigenvalue weighted by molar-refractivity contribution is 14.0. The fourth-order valence-corrected chi connectivity index (χ4v) is 3.01. The molecule has 1 saturated carbocycles. The summed E-state index contributed by atoms with van der Waals surface area (Å²) in [5.74, 6) is 0.224. The van der Waals surface area contributed by atoms with Gasteiger partial charge in [-0.25, -0.2) is 9.38 Å². The second-order valence-electron chi connectivity index (χ2n) is 7.16. The number of nitrogens with zero attached hydrogens (tertiary/aromatic N) is 2. The molecule has 1 aliphatic rings. The minimum atomic E-state index is -0.328. The summed E-state index contributed by atoms with van der Waals surface area (Å²) in [5.41, 5.74) is 0.856. The van der Waals surface area contributed by atoms with Gasteiger partial charge in [0, 0.05) is 37.1 Å². The lowest BCUT2D eigenvalue weighted by molar-refractivity contribution is -0.127. The normalized spacial score (nSPS) is 16.1. The van der Waals surface area contributed by atoms with Crippen molar-refractivity contribution < 1.29 is 9.18 Å². The molecule has 1 aromatic carbocycles. The molecule has 2 rings (SSSR count). The Labute approximate surface area is 183 Å². The van der Waals surface area contributed by atoms with E-state index in [2.05, 4.69) is 29.5 Å². The molecule has 8 heteroatoms. The summed E-state index contributed by atoms with van der Waals surface area (Å²) < 4.78 is 13.3. The first kappa shape index (κ1) is 23.9. The number of guanidine groups is 1. The van der Waals surface area contributed by atoms with E-state index in [0.717, 1.165) is 24.8 Å². The maximum Gasteiger partial charge on any atom is 0.243 e. The third kappa shape index (κ3) is 6.78. The maximum atomic E-state index is 13.3. The van der Waals surface area contributed by atoms with Crippen LogP contribution in [0.25, 0.3) is 0 Å². The minimum absolute atomic E-state index is 0. The molecule has 0 heterocycles. The van der Waals surface area contributed by atoms with Gasteiger partial charge in [-0.15, -0.1) is 24.0 Å². The molecule has 0 spiro atoms. The van der Waals surface area contributed by atoms with Crippen molar-refractivity contribution in [2.45, 2.75) is 44.6 Å². The van der Waals surface area contributed by atoms with Crippen LogP contribution < -0.4 is 10.6 Å². The summed E-state index contributed by atoms with van der Waals surface area (Å²) in [6, 6.07) is 4.81. The Bertz CT molecular complexity index is 680. The highest BCUT2D eigenvalue weighted by atomic mass is 127. The van der Waals surface area contributed by atoms with E-state index >= 15 is 0 Å². The van der Waals surface area contributed by atoms with Gasteiger partial charge in [-0.1, -0.05) is 24.6 Å². The standard InChI is InChI=1S/C19H28ClFN4O.HI/c1-5-13(2)24-18(22-11-17(26)25(3)4)23-12-19(8-9-19)15-7-6-14(21)10-16(15)20;/h6-7,10,13H,5,8-9,11-12H2,1-4H3,(H2,22,23,24);1H. The van der Waals surface area contributed by atoms with Crippen LogP contribution in [0.5, 0.6) is 0 Å². The Kier molecular flexibility index (Phi) is 9.27. The van der Waals surface area contributed by atoms with E-state index in [9.17, 15) is 9.18 Å². The first-order valence-corrected chi connectivity index (χ1v) is 9.36. The number of hydrogen-bond donors (Lipinski definition) is 2. The van der Waals surface area contributed by atoms with E-state index in [1.54, 1.807) is 20.2 Å². The quantitative estimate of drug-likeness (QED) is 0.335. The SMILES string of the molecule is CCC(C)NC(=NCC(=O)N(C)C)NCC1(c2ccc(F)cc2Cl)CC1.I. The monoisotopic (exact) mass is 510 g/mol. The van der Waals surface area contributed by atoms with Crippen molar-refractivity contribution in [3.05, 3.63) is 34.6 Å². The van der Waals surface area contributed by atoms with E-state index in [-0.39, 0.29) is 53.7 Å². The Hall–Kier alpha value is -1.09. The Morgan fingerprint density at radius 2 is 2.07 bits per heavy atom. The number of carbonyl (C=O) groups is 1. The molecule has 0 aromatic heterocycles. The van der Waals surface area contributed by atoms with Gasteiger partial charge in [0.2, 0.25) is 5.91 Å². The molecule has 1 aliphatic carbocycles. The zero-order valence-electron chi connectivity index (χ0n) is 16.3. The molecule has 0 aliphatic heterocycles. The molecular formula is C19H29ClFIN4O. The average Bonchev–Trinajstić information content (AvgIpc) is 3.37. The van der Waals surface area contributed by atoms with Crippen LogP contribution in [0.2, 0.25) is 5.02 Å². The number of amides is 1. The topological polar surface area (TPSA) is 56.7 Å². The third-order valence-corrected chi connectivity index (χ3v) is 5.13. The molecular weight excluding hydrogens is 482 g/mol. The van der Waals surface area contributed by atoms with Crippen molar-refractivity contribution in [2.75, 3.05) is 27.2 Å². The van der Waals surface area contributed by atoms with E-state index in [1.807, 2.05) is 0 Å². The summed E-state index contributed by atoms with van der Waals surface area (Å²) in [5, 5.41) is 7.11. The zero-order chi connectivity index (χ0) is 19.3. The van der Waals surface area contributed by atoms with Crippen molar-refractivity contribution >= 4 is 47.4 Å². The molecule has 1 atom stereocenters. The molecule has 27 heavy (non-hydrogen) atoms. The molecule has 0 saturated heterocycles. The molecule has 1 amide bonds. The largest absolute Gasteiger partial charge is 0.355 e. The van der Waals surface area contributed by atoms with Crippen LogP contribution in [0.3, 0.4) is 0 Å². The number of rotatable bonds is 7. The molecule has 0 radical (unpaired) electrons.